The van der Waals surface area contributed by atoms with E-state index in [0.717, 1.165) is 12.0 Å². The maximum absolute atomic E-state index is 12.8. The van der Waals surface area contributed by atoms with Crippen molar-refractivity contribution < 1.29 is 18.0 Å². The van der Waals surface area contributed by atoms with E-state index >= 15 is 0 Å². The van der Waals surface area contributed by atoms with Crippen LogP contribution in [-0.2, 0) is 26.0 Å². The molecular weight excluding hydrogens is 452 g/mol. The van der Waals surface area contributed by atoms with Crippen LogP contribution in [0.15, 0.2) is 65.6 Å². The highest BCUT2D eigenvalue weighted by Gasteiger charge is 2.30. The molecule has 0 radical (unpaired) electrons. The van der Waals surface area contributed by atoms with Crippen molar-refractivity contribution in [3.63, 3.8) is 0 Å². The first-order valence-corrected chi connectivity index (χ1v) is 13.0. The summed E-state index contributed by atoms with van der Waals surface area (Å²) >= 11 is 0. The van der Waals surface area contributed by atoms with Crippen LogP contribution in [-0.4, -0.2) is 87.2 Å². The van der Waals surface area contributed by atoms with Gasteiger partial charge in [-0.1, -0.05) is 48.5 Å². The zero-order chi connectivity index (χ0) is 24.6. The number of benzene rings is 2. The lowest BCUT2D eigenvalue weighted by Crippen LogP contribution is -2.50. The summed E-state index contributed by atoms with van der Waals surface area (Å²) < 4.78 is 26.9. The average Bonchev–Trinajstić information content (AvgIpc) is 2.83. The number of hydrogen-bond donors (Lipinski definition) is 1. The van der Waals surface area contributed by atoms with Crippen LogP contribution in [0.1, 0.15) is 18.4 Å². The quantitative estimate of drug-likeness (QED) is 0.551. The molecule has 0 aliphatic carbocycles. The maximum atomic E-state index is 12.8. The fraction of sp³-hybridized carbons (Fsp3) is 0.440. The molecule has 1 heterocycles. The first-order valence-electron chi connectivity index (χ1n) is 11.6. The van der Waals surface area contributed by atoms with Gasteiger partial charge in [0.25, 0.3) is 0 Å². The van der Waals surface area contributed by atoms with Crippen molar-refractivity contribution in [3.8, 4) is 0 Å². The number of hydrogen-bond acceptors (Lipinski definition) is 5. The SMILES string of the molecule is CN(C)CC(Cc1ccccc1)NC(=O)CCC(=O)N1CCN(S(=O)(=O)c2ccccc2)CC1. The Morgan fingerprint density at radius 2 is 1.50 bits per heavy atom. The summed E-state index contributed by atoms with van der Waals surface area (Å²) in [6, 6.07) is 18.3. The molecular formula is C25H34N4O4S. The lowest BCUT2D eigenvalue weighted by Gasteiger charge is -2.34. The van der Waals surface area contributed by atoms with Crippen LogP contribution in [0.4, 0.5) is 0 Å². The van der Waals surface area contributed by atoms with E-state index < -0.39 is 10.0 Å². The lowest BCUT2D eigenvalue weighted by atomic mass is 10.1. The topological polar surface area (TPSA) is 90.0 Å². The molecule has 2 aromatic carbocycles. The standard InChI is InChI=1S/C25H34N4O4S/c1-27(2)20-22(19-21-9-5-3-6-10-21)26-24(30)13-14-25(31)28-15-17-29(18-16-28)34(32,33)23-11-7-4-8-12-23/h3-12,22H,13-20H2,1-2H3,(H,26,30). The van der Waals surface area contributed by atoms with E-state index in [1.165, 1.54) is 4.31 Å². The Morgan fingerprint density at radius 3 is 2.09 bits per heavy atom. The Kier molecular flexibility index (Phi) is 9.20. The van der Waals surface area contributed by atoms with Crippen LogP contribution in [0.2, 0.25) is 0 Å². The largest absolute Gasteiger partial charge is 0.352 e. The van der Waals surface area contributed by atoms with Gasteiger partial charge in [0.15, 0.2) is 0 Å². The molecule has 1 saturated heterocycles. The molecule has 9 heteroatoms. The minimum absolute atomic E-state index is 0.0493. The number of piperazine rings is 1. The Balaban J connectivity index is 1.46. The number of amides is 2. The third-order valence-electron chi connectivity index (χ3n) is 5.81. The number of sulfonamides is 1. The molecule has 0 aromatic heterocycles. The number of rotatable bonds is 10. The Labute approximate surface area is 202 Å². The highest BCUT2D eigenvalue weighted by molar-refractivity contribution is 7.89. The third-order valence-corrected chi connectivity index (χ3v) is 7.73. The van der Waals surface area contributed by atoms with Crippen molar-refractivity contribution in [2.75, 3.05) is 46.8 Å². The predicted molar refractivity (Wildman–Crippen MR) is 132 cm³/mol. The zero-order valence-corrected chi connectivity index (χ0v) is 20.7. The van der Waals surface area contributed by atoms with Gasteiger partial charge in [-0.2, -0.15) is 4.31 Å². The summed E-state index contributed by atoms with van der Waals surface area (Å²) in [6.07, 6.45) is 0.938. The number of nitrogens with one attached hydrogen (secondary N) is 1. The van der Waals surface area contributed by atoms with E-state index in [1.54, 1.807) is 35.2 Å². The van der Waals surface area contributed by atoms with Crippen molar-refractivity contribution >= 4 is 21.8 Å². The van der Waals surface area contributed by atoms with E-state index in [0.29, 0.717) is 19.6 Å². The van der Waals surface area contributed by atoms with Gasteiger partial charge in [0.2, 0.25) is 21.8 Å². The maximum Gasteiger partial charge on any atom is 0.243 e. The molecule has 1 aliphatic rings. The highest BCUT2D eigenvalue weighted by atomic mass is 32.2. The van der Waals surface area contributed by atoms with E-state index in [9.17, 15) is 18.0 Å². The number of likely N-dealkylation sites (N-methyl/N-ethyl adjacent to an activating group) is 1. The Morgan fingerprint density at radius 1 is 0.912 bits per heavy atom. The fourth-order valence-corrected chi connectivity index (χ4v) is 5.54. The minimum atomic E-state index is -3.56. The first kappa shape index (κ1) is 25.9. The molecule has 0 spiro atoms. The second-order valence-corrected chi connectivity index (χ2v) is 10.8. The van der Waals surface area contributed by atoms with Crippen LogP contribution >= 0.6 is 0 Å². The summed E-state index contributed by atoms with van der Waals surface area (Å²) in [7, 11) is 0.368. The second-order valence-electron chi connectivity index (χ2n) is 8.81. The molecule has 8 nitrogen and oxygen atoms in total. The molecule has 0 bridgehead atoms. The monoisotopic (exact) mass is 486 g/mol. The predicted octanol–water partition coefficient (Wildman–Crippen LogP) is 1.59. The van der Waals surface area contributed by atoms with Crippen LogP contribution in [0.3, 0.4) is 0 Å². The van der Waals surface area contributed by atoms with Crippen LogP contribution in [0.5, 0.6) is 0 Å². The minimum Gasteiger partial charge on any atom is -0.352 e. The average molecular weight is 487 g/mol. The van der Waals surface area contributed by atoms with Crippen LogP contribution < -0.4 is 5.32 Å². The Bertz CT molecular complexity index is 1040. The number of nitrogens with zero attached hydrogens (tertiary/aromatic N) is 3. The van der Waals surface area contributed by atoms with Gasteiger partial charge >= 0.3 is 0 Å². The second kappa shape index (κ2) is 12.1. The molecule has 1 N–H and O–H groups in total. The fourth-order valence-electron chi connectivity index (χ4n) is 4.10. The van der Waals surface area contributed by atoms with Gasteiger partial charge in [0, 0.05) is 51.6 Å². The van der Waals surface area contributed by atoms with Gasteiger partial charge in [0.1, 0.15) is 0 Å². The van der Waals surface area contributed by atoms with E-state index in [4.69, 9.17) is 0 Å². The van der Waals surface area contributed by atoms with Crippen LogP contribution in [0, 0.1) is 0 Å². The van der Waals surface area contributed by atoms with E-state index in [1.807, 2.05) is 49.3 Å². The van der Waals surface area contributed by atoms with Gasteiger partial charge in [-0.3, -0.25) is 9.59 Å². The summed E-state index contributed by atoms with van der Waals surface area (Å²) in [5, 5.41) is 3.06. The zero-order valence-electron chi connectivity index (χ0n) is 19.9. The smallest absolute Gasteiger partial charge is 0.243 e. The third kappa shape index (κ3) is 7.38. The molecule has 1 unspecified atom stereocenters. The van der Waals surface area contributed by atoms with Gasteiger partial charge in [0.05, 0.1) is 4.90 Å². The summed E-state index contributed by atoms with van der Waals surface area (Å²) in [5.41, 5.74) is 1.15. The molecule has 1 atom stereocenters. The first-order chi connectivity index (χ1) is 16.3. The molecule has 2 amide bonds. The van der Waals surface area contributed by atoms with Crippen molar-refractivity contribution in [3.05, 3.63) is 66.2 Å². The van der Waals surface area contributed by atoms with Crippen molar-refractivity contribution in [1.82, 2.24) is 19.4 Å². The molecule has 1 fully saturated rings. The van der Waals surface area contributed by atoms with Crippen molar-refractivity contribution in [1.29, 1.82) is 0 Å². The van der Waals surface area contributed by atoms with E-state index in [-0.39, 0.29) is 48.7 Å². The van der Waals surface area contributed by atoms with Gasteiger partial charge in [-0.05, 0) is 38.2 Å². The number of carbonyl (C=O) groups is 2. The van der Waals surface area contributed by atoms with Crippen LogP contribution in [0.25, 0.3) is 0 Å². The van der Waals surface area contributed by atoms with Gasteiger partial charge < -0.3 is 15.1 Å². The van der Waals surface area contributed by atoms with E-state index in [2.05, 4.69) is 5.32 Å². The molecule has 0 saturated carbocycles. The molecule has 2 aromatic rings. The van der Waals surface area contributed by atoms with Gasteiger partial charge in [-0.15, -0.1) is 0 Å². The van der Waals surface area contributed by atoms with Crippen molar-refractivity contribution in [2.24, 2.45) is 0 Å². The molecule has 184 valence electrons. The summed E-state index contributed by atoms with van der Waals surface area (Å²) in [4.78, 5) is 29.2. The molecule has 1 aliphatic heterocycles. The summed E-state index contributed by atoms with van der Waals surface area (Å²) in [6.45, 7) is 1.84. The summed E-state index contributed by atoms with van der Waals surface area (Å²) in [5.74, 6) is -0.277. The highest BCUT2D eigenvalue weighted by Crippen LogP contribution is 2.17. The lowest BCUT2D eigenvalue weighted by molar-refractivity contribution is -0.134. The normalized spacial score (nSPS) is 15.8. The molecule has 34 heavy (non-hydrogen) atoms. The number of carbonyl (C=O) groups excluding carboxylic acids is 2. The Hall–Kier alpha value is -2.75. The van der Waals surface area contributed by atoms with Crippen molar-refractivity contribution in [2.45, 2.75) is 30.2 Å². The molecule has 3 rings (SSSR count). The van der Waals surface area contributed by atoms with Gasteiger partial charge in [-0.25, -0.2) is 8.42 Å².